The van der Waals surface area contributed by atoms with Crippen molar-refractivity contribution in [2.24, 2.45) is 0 Å². The molecule has 0 fully saturated rings. The molecule has 0 aromatic carbocycles. The van der Waals surface area contributed by atoms with Gasteiger partial charge in [-0.2, -0.15) is 0 Å². The molecular weight excluding hydrogens is 103 g/mol. The van der Waals surface area contributed by atoms with Gasteiger partial charge in [0.25, 0.3) is 0 Å². The fourth-order valence-electron chi connectivity index (χ4n) is 0. The quantitative estimate of drug-likeness (QED) is 0.355. The Kier molecular flexibility index (Phi) is 7.07. The first kappa shape index (κ1) is 9.16. The van der Waals surface area contributed by atoms with Crippen LogP contribution in [0.3, 0.4) is 0 Å². The molecular formula is C3H5ClO2. The smallest absolute Gasteiger partial charge is 0.192 e. The van der Waals surface area contributed by atoms with Crippen molar-refractivity contribution in [2.75, 3.05) is 0 Å². The molecule has 0 saturated carbocycles. The highest BCUT2D eigenvalue weighted by Gasteiger charge is 1.76. The minimum absolute atomic E-state index is 0. The zero-order valence-corrected chi connectivity index (χ0v) is 4.12. The molecule has 0 heterocycles. The van der Waals surface area contributed by atoms with Crippen molar-refractivity contribution in [3.05, 3.63) is 0 Å². The van der Waals surface area contributed by atoms with Crippen molar-refractivity contribution >= 4 is 24.5 Å². The van der Waals surface area contributed by atoms with Crippen LogP contribution in [0.1, 0.15) is 6.92 Å². The van der Waals surface area contributed by atoms with E-state index in [0.29, 0.717) is 0 Å². The van der Waals surface area contributed by atoms with E-state index < -0.39 is 5.78 Å². The van der Waals surface area contributed by atoms with Gasteiger partial charge in [0, 0.05) is 6.92 Å². The maximum absolute atomic E-state index is 9.44. The average Bonchev–Trinajstić information content (AvgIpc) is 1.38. The van der Waals surface area contributed by atoms with Gasteiger partial charge in [0.2, 0.25) is 0 Å². The number of carbonyl (C=O) groups is 2. The number of hydrogen-bond donors (Lipinski definition) is 0. The second kappa shape index (κ2) is 4.63. The summed E-state index contributed by atoms with van der Waals surface area (Å²) in [6.07, 6.45) is 0.278. The lowest BCUT2D eigenvalue weighted by molar-refractivity contribution is -0.128. The van der Waals surface area contributed by atoms with Gasteiger partial charge >= 0.3 is 0 Å². The van der Waals surface area contributed by atoms with E-state index in [-0.39, 0.29) is 18.7 Å². The third-order valence-electron chi connectivity index (χ3n) is 0.166. The summed E-state index contributed by atoms with van der Waals surface area (Å²) in [5.41, 5.74) is 0. The summed E-state index contributed by atoms with van der Waals surface area (Å²) in [7, 11) is 0. The van der Waals surface area contributed by atoms with Crippen molar-refractivity contribution in [1.82, 2.24) is 0 Å². The zero-order valence-electron chi connectivity index (χ0n) is 3.30. The van der Waals surface area contributed by atoms with E-state index in [4.69, 9.17) is 4.79 Å². The van der Waals surface area contributed by atoms with E-state index >= 15 is 0 Å². The maximum atomic E-state index is 9.44. The lowest BCUT2D eigenvalue weighted by atomic mass is 10.5. The Morgan fingerprint density at radius 2 is 1.83 bits per heavy atom. The predicted octanol–water partition coefficient (Wildman–Crippen LogP) is 0.196. The van der Waals surface area contributed by atoms with Gasteiger partial charge in [-0.25, -0.2) is 0 Å². The van der Waals surface area contributed by atoms with Crippen molar-refractivity contribution in [3.8, 4) is 0 Å². The van der Waals surface area contributed by atoms with Crippen LogP contribution in [0.2, 0.25) is 0 Å². The van der Waals surface area contributed by atoms with Crippen molar-refractivity contribution in [2.45, 2.75) is 6.92 Å². The molecule has 0 rings (SSSR count). The molecule has 0 unspecified atom stereocenters. The molecule has 0 aromatic rings. The van der Waals surface area contributed by atoms with Gasteiger partial charge in [-0.15, -0.1) is 12.4 Å². The molecule has 3 heteroatoms. The first-order valence-electron chi connectivity index (χ1n) is 1.23. The third-order valence-corrected chi connectivity index (χ3v) is 0.166. The Bertz CT molecular complexity index is 59.8. The second-order valence-electron chi connectivity index (χ2n) is 0.729. The molecule has 0 aliphatic rings. The molecule has 0 aromatic heterocycles. The first-order chi connectivity index (χ1) is 2.27. The second-order valence-corrected chi connectivity index (χ2v) is 0.729. The van der Waals surface area contributed by atoms with Crippen LogP contribution in [0.5, 0.6) is 0 Å². The van der Waals surface area contributed by atoms with Crippen LogP contribution in [-0.4, -0.2) is 12.1 Å². The Morgan fingerprint density at radius 1 is 1.67 bits per heavy atom. The number of aldehydes is 1. The van der Waals surface area contributed by atoms with Crippen LogP contribution < -0.4 is 0 Å². The summed E-state index contributed by atoms with van der Waals surface area (Å²) >= 11 is 0. The Balaban J connectivity index is 0. The average molecular weight is 109 g/mol. The van der Waals surface area contributed by atoms with Gasteiger partial charge in [0.15, 0.2) is 12.1 Å². The molecule has 6 heavy (non-hydrogen) atoms. The maximum Gasteiger partial charge on any atom is 0.192 e. The molecule has 0 saturated heterocycles. The molecule has 0 radical (unpaired) electrons. The third kappa shape index (κ3) is 9.45. The fraction of sp³-hybridized carbons (Fsp3) is 0.333. The molecule has 2 nitrogen and oxygen atoms in total. The van der Waals surface area contributed by atoms with E-state index in [1.807, 2.05) is 0 Å². The van der Waals surface area contributed by atoms with Crippen LogP contribution in [0.4, 0.5) is 0 Å². The summed E-state index contributed by atoms with van der Waals surface area (Å²) in [6, 6.07) is 0. The Hall–Kier alpha value is -0.370. The van der Waals surface area contributed by atoms with Gasteiger partial charge < -0.3 is 0 Å². The highest BCUT2D eigenvalue weighted by Crippen LogP contribution is 1.48. The molecule has 0 N–H and O–H groups in total. The SMILES string of the molecule is CC(=O)C=O.Cl. The highest BCUT2D eigenvalue weighted by atomic mass is 35.5. The van der Waals surface area contributed by atoms with E-state index in [1.54, 1.807) is 0 Å². The molecule has 0 aliphatic heterocycles. The number of carbonyl (C=O) groups excluding carboxylic acids is 2. The lowest BCUT2D eigenvalue weighted by Crippen LogP contribution is -1.85. The van der Waals surface area contributed by atoms with Crippen LogP contribution in [-0.2, 0) is 9.59 Å². The summed E-state index contributed by atoms with van der Waals surface area (Å²) in [6.45, 7) is 1.22. The molecule has 0 atom stereocenters. The summed E-state index contributed by atoms with van der Waals surface area (Å²) in [5, 5.41) is 0. The minimum atomic E-state index is -0.426. The summed E-state index contributed by atoms with van der Waals surface area (Å²) in [5.74, 6) is -0.426. The molecule has 36 valence electrons. The van der Waals surface area contributed by atoms with Crippen molar-refractivity contribution in [3.63, 3.8) is 0 Å². The van der Waals surface area contributed by atoms with Crippen LogP contribution in [0, 0.1) is 0 Å². The summed E-state index contributed by atoms with van der Waals surface area (Å²) < 4.78 is 0. The fourth-order valence-corrected chi connectivity index (χ4v) is 0. The highest BCUT2D eigenvalue weighted by molar-refractivity contribution is 6.23. The van der Waals surface area contributed by atoms with Gasteiger partial charge in [0.1, 0.15) is 0 Å². The Labute approximate surface area is 41.9 Å². The standard InChI is InChI=1S/C3H4O2.ClH/c1-3(5)2-4;/h2H,1H3;1H. The molecule has 0 bridgehead atoms. The zero-order chi connectivity index (χ0) is 4.28. The van der Waals surface area contributed by atoms with E-state index in [0.717, 1.165) is 0 Å². The predicted molar refractivity (Wildman–Crippen MR) is 24.0 cm³/mol. The minimum Gasteiger partial charge on any atom is -0.295 e. The number of ketones is 1. The van der Waals surface area contributed by atoms with E-state index in [2.05, 4.69) is 0 Å². The first-order valence-corrected chi connectivity index (χ1v) is 1.23. The lowest BCUT2D eigenvalue weighted by Gasteiger charge is -1.57. The molecule has 0 spiro atoms. The van der Waals surface area contributed by atoms with Crippen LogP contribution in [0.15, 0.2) is 0 Å². The van der Waals surface area contributed by atoms with E-state index in [9.17, 15) is 4.79 Å². The number of hydrogen-bond acceptors (Lipinski definition) is 2. The summed E-state index contributed by atoms with van der Waals surface area (Å²) in [4.78, 5) is 18.6. The Morgan fingerprint density at radius 3 is 1.83 bits per heavy atom. The van der Waals surface area contributed by atoms with Gasteiger partial charge in [-0.05, 0) is 0 Å². The van der Waals surface area contributed by atoms with Crippen LogP contribution in [0.25, 0.3) is 0 Å². The van der Waals surface area contributed by atoms with Gasteiger partial charge in [0.05, 0.1) is 0 Å². The largest absolute Gasteiger partial charge is 0.295 e. The van der Waals surface area contributed by atoms with E-state index in [1.165, 1.54) is 6.92 Å². The van der Waals surface area contributed by atoms with Gasteiger partial charge in [-0.3, -0.25) is 9.59 Å². The normalized spacial score (nSPS) is 5.50. The number of rotatable bonds is 1. The van der Waals surface area contributed by atoms with Crippen molar-refractivity contribution in [1.29, 1.82) is 0 Å². The number of halogens is 1. The van der Waals surface area contributed by atoms with Gasteiger partial charge in [-0.1, -0.05) is 0 Å². The molecule has 0 aliphatic carbocycles. The monoisotopic (exact) mass is 108 g/mol. The number of Topliss-reactive ketones (excluding diaryl/α,β-unsaturated/α-hetero) is 1. The van der Waals surface area contributed by atoms with Crippen LogP contribution >= 0.6 is 12.4 Å². The van der Waals surface area contributed by atoms with Crippen molar-refractivity contribution < 1.29 is 9.59 Å². The molecule has 0 amide bonds. The topological polar surface area (TPSA) is 34.1 Å².